The summed E-state index contributed by atoms with van der Waals surface area (Å²) in [6.07, 6.45) is 2.55. The molecule has 0 radical (unpaired) electrons. The number of amides is 1. The molecule has 2 aromatic carbocycles. The number of rotatable bonds is 4. The highest BCUT2D eigenvalue weighted by atomic mass is 79.9. The first kappa shape index (κ1) is 16.8. The second-order valence-electron chi connectivity index (χ2n) is 6.08. The molecule has 0 N–H and O–H groups in total. The molecule has 0 bridgehead atoms. The van der Waals surface area contributed by atoms with Gasteiger partial charge in [-0.15, -0.1) is 6.58 Å². The fourth-order valence-corrected chi connectivity index (χ4v) is 3.52. The SMILES string of the molecule is C=C[C@@]1(c2cccc(Br)c2)CCN(C(=O)OCc2ccccc2)C1. The number of halogens is 1. The third-order valence-electron chi connectivity index (χ3n) is 4.55. The van der Waals surface area contributed by atoms with Crippen molar-refractivity contribution in [2.75, 3.05) is 13.1 Å². The Balaban J connectivity index is 1.67. The molecule has 1 saturated heterocycles. The number of ether oxygens (including phenoxy) is 1. The van der Waals surface area contributed by atoms with Crippen LogP contribution in [0.5, 0.6) is 0 Å². The zero-order valence-electron chi connectivity index (χ0n) is 13.5. The Labute approximate surface area is 151 Å². The lowest BCUT2D eigenvalue weighted by Gasteiger charge is -2.26. The summed E-state index contributed by atoms with van der Waals surface area (Å²) < 4.78 is 6.49. The average Bonchev–Trinajstić information content (AvgIpc) is 3.07. The van der Waals surface area contributed by atoms with Crippen molar-refractivity contribution in [1.82, 2.24) is 4.90 Å². The van der Waals surface area contributed by atoms with Crippen molar-refractivity contribution in [2.45, 2.75) is 18.4 Å². The summed E-state index contributed by atoms with van der Waals surface area (Å²) in [5, 5.41) is 0. The molecule has 24 heavy (non-hydrogen) atoms. The van der Waals surface area contributed by atoms with E-state index in [0.717, 1.165) is 16.5 Å². The van der Waals surface area contributed by atoms with E-state index in [0.29, 0.717) is 19.7 Å². The van der Waals surface area contributed by atoms with E-state index in [4.69, 9.17) is 4.74 Å². The summed E-state index contributed by atoms with van der Waals surface area (Å²) in [5.41, 5.74) is 1.95. The number of likely N-dealkylation sites (tertiary alicyclic amines) is 1. The maximum absolute atomic E-state index is 12.4. The topological polar surface area (TPSA) is 29.5 Å². The molecule has 1 aliphatic heterocycles. The first-order valence-corrected chi connectivity index (χ1v) is 8.77. The molecule has 0 aliphatic carbocycles. The molecular formula is C20H20BrNO2. The third-order valence-corrected chi connectivity index (χ3v) is 5.05. The van der Waals surface area contributed by atoms with E-state index in [1.54, 1.807) is 4.90 Å². The molecule has 1 heterocycles. The van der Waals surface area contributed by atoms with E-state index in [9.17, 15) is 4.79 Å². The van der Waals surface area contributed by atoms with E-state index in [1.807, 2.05) is 48.5 Å². The molecule has 0 spiro atoms. The quantitative estimate of drug-likeness (QED) is 0.699. The summed E-state index contributed by atoms with van der Waals surface area (Å²) in [7, 11) is 0. The molecular weight excluding hydrogens is 366 g/mol. The van der Waals surface area contributed by atoms with Crippen molar-refractivity contribution in [3.63, 3.8) is 0 Å². The molecule has 4 heteroatoms. The Kier molecular flexibility index (Phi) is 5.05. The molecule has 0 aromatic heterocycles. The number of hydrogen-bond donors (Lipinski definition) is 0. The monoisotopic (exact) mass is 385 g/mol. The Bertz CT molecular complexity index is 731. The van der Waals surface area contributed by atoms with Crippen LogP contribution >= 0.6 is 15.9 Å². The summed E-state index contributed by atoms with van der Waals surface area (Å²) >= 11 is 3.52. The van der Waals surface area contributed by atoms with Gasteiger partial charge in [0.25, 0.3) is 0 Å². The number of carbonyl (C=O) groups is 1. The predicted octanol–water partition coefficient (Wildman–Crippen LogP) is 4.92. The first-order valence-electron chi connectivity index (χ1n) is 7.98. The number of hydrogen-bond acceptors (Lipinski definition) is 2. The Morgan fingerprint density at radius 3 is 2.75 bits per heavy atom. The van der Waals surface area contributed by atoms with Crippen molar-refractivity contribution in [3.05, 3.63) is 82.9 Å². The van der Waals surface area contributed by atoms with Gasteiger partial charge in [0.05, 0.1) is 0 Å². The minimum atomic E-state index is -0.266. The lowest BCUT2D eigenvalue weighted by molar-refractivity contribution is 0.103. The Hall–Kier alpha value is -2.07. The number of benzene rings is 2. The van der Waals surface area contributed by atoms with Gasteiger partial charge in [-0.1, -0.05) is 64.5 Å². The number of carbonyl (C=O) groups excluding carboxylic acids is 1. The standard InChI is InChI=1S/C20H20BrNO2/c1-2-20(17-9-6-10-18(21)13-17)11-12-22(15-20)19(23)24-14-16-7-4-3-5-8-16/h2-10,13H,1,11-12,14-15H2/t20-/m1/s1. The van der Waals surface area contributed by atoms with Gasteiger partial charge in [-0.2, -0.15) is 0 Å². The molecule has 0 saturated carbocycles. The molecule has 1 aliphatic rings. The van der Waals surface area contributed by atoms with Crippen LogP contribution in [0.3, 0.4) is 0 Å². The molecule has 3 nitrogen and oxygen atoms in total. The lowest BCUT2D eigenvalue weighted by Crippen LogP contribution is -2.33. The van der Waals surface area contributed by atoms with Gasteiger partial charge in [-0.25, -0.2) is 4.79 Å². The summed E-state index contributed by atoms with van der Waals surface area (Å²) in [6.45, 7) is 5.58. The van der Waals surface area contributed by atoms with Gasteiger partial charge in [0.15, 0.2) is 0 Å². The van der Waals surface area contributed by atoms with Gasteiger partial charge in [0.1, 0.15) is 6.61 Å². The molecule has 0 unspecified atom stereocenters. The molecule has 1 fully saturated rings. The number of nitrogens with zero attached hydrogens (tertiary/aromatic N) is 1. The normalized spacial score (nSPS) is 20.0. The highest BCUT2D eigenvalue weighted by Gasteiger charge is 2.39. The minimum Gasteiger partial charge on any atom is -0.445 e. The van der Waals surface area contributed by atoms with Crippen molar-refractivity contribution in [3.8, 4) is 0 Å². The van der Waals surface area contributed by atoms with Crippen LogP contribution in [0.25, 0.3) is 0 Å². The predicted molar refractivity (Wildman–Crippen MR) is 98.8 cm³/mol. The largest absolute Gasteiger partial charge is 0.445 e. The van der Waals surface area contributed by atoms with Crippen LogP contribution in [0.1, 0.15) is 17.5 Å². The van der Waals surface area contributed by atoms with E-state index in [-0.39, 0.29) is 11.5 Å². The maximum atomic E-state index is 12.4. The van der Waals surface area contributed by atoms with Crippen LogP contribution in [0.2, 0.25) is 0 Å². The zero-order chi connectivity index (χ0) is 17.0. The highest BCUT2D eigenvalue weighted by Crippen LogP contribution is 2.37. The fourth-order valence-electron chi connectivity index (χ4n) is 3.12. The Morgan fingerprint density at radius 1 is 1.25 bits per heavy atom. The molecule has 3 rings (SSSR count). The van der Waals surface area contributed by atoms with Crippen molar-refractivity contribution in [1.29, 1.82) is 0 Å². The summed E-state index contributed by atoms with van der Waals surface area (Å²) in [6, 6.07) is 17.9. The van der Waals surface area contributed by atoms with Gasteiger partial charge in [0.2, 0.25) is 0 Å². The van der Waals surface area contributed by atoms with Crippen molar-refractivity contribution < 1.29 is 9.53 Å². The van der Waals surface area contributed by atoms with Gasteiger partial charge in [-0.3, -0.25) is 0 Å². The van der Waals surface area contributed by atoms with Gasteiger partial charge >= 0.3 is 6.09 Å². The molecule has 2 aromatic rings. The van der Waals surface area contributed by atoms with Crippen LogP contribution in [0.15, 0.2) is 71.7 Å². The minimum absolute atomic E-state index is 0.213. The first-order chi connectivity index (χ1) is 11.6. The molecule has 1 amide bonds. The van der Waals surface area contributed by atoms with Crippen molar-refractivity contribution >= 4 is 22.0 Å². The second kappa shape index (κ2) is 7.22. The maximum Gasteiger partial charge on any atom is 0.410 e. The van der Waals surface area contributed by atoms with E-state index < -0.39 is 0 Å². The van der Waals surface area contributed by atoms with Gasteiger partial charge in [-0.05, 0) is 29.7 Å². The van der Waals surface area contributed by atoms with Crippen LogP contribution in [0, 0.1) is 0 Å². The van der Waals surface area contributed by atoms with Crippen LogP contribution in [-0.4, -0.2) is 24.1 Å². The molecule has 124 valence electrons. The smallest absolute Gasteiger partial charge is 0.410 e. The lowest BCUT2D eigenvalue weighted by atomic mass is 9.80. The van der Waals surface area contributed by atoms with Crippen molar-refractivity contribution in [2.24, 2.45) is 0 Å². The van der Waals surface area contributed by atoms with E-state index in [2.05, 4.69) is 34.6 Å². The van der Waals surface area contributed by atoms with E-state index in [1.165, 1.54) is 5.56 Å². The zero-order valence-corrected chi connectivity index (χ0v) is 15.0. The second-order valence-corrected chi connectivity index (χ2v) is 7.00. The summed E-state index contributed by atoms with van der Waals surface area (Å²) in [4.78, 5) is 14.2. The Morgan fingerprint density at radius 2 is 2.04 bits per heavy atom. The average molecular weight is 386 g/mol. The van der Waals surface area contributed by atoms with Crippen LogP contribution in [0.4, 0.5) is 4.79 Å². The third kappa shape index (κ3) is 3.54. The fraction of sp³-hybridized carbons (Fsp3) is 0.250. The van der Waals surface area contributed by atoms with E-state index >= 15 is 0 Å². The summed E-state index contributed by atoms with van der Waals surface area (Å²) in [5.74, 6) is 0. The van der Waals surface area contributed by atoms with Gasteiger partial charge < -0.3 is 9.64 Å². The van der Waals surface area contributed by atoms with Crippen LogP contribution < -0.4 is 0 Å². The van der Waals surface area contributed by atoms with Gasteiger partial charge in [0, 0.05) is 23.0 Å². The van der Waals surface area contributed by atoms with Crippen LogP contribution in [-0.2, 0) is 16.8 Å². The highest BCUT2D eigenvalue weighted by molar-refractivity contribution is 9.10. The molecule has 1 atom stereocenters.